The van der Waals surface area contributed by atoms with Gasteiger partial charge in [-0.1, -0.05) is 54.1 Å². The number of carbonyl (C=O) groups excluding carboxylic acids is 2. The van der Waals surface area contributed by atoms with Crippen LogP contribution < -0.4 is 10.1 Å². The fraction of sp³-hybridized carbons (Fsp3) is 0.233. The Balaban J connectivity index is 1.45. The largest absolute Gasteiger partial charge is 0.497 e. The Hall–Kier alpha value is -4.10. The molecule has 0 fully saturated rings. The number of rotatable bonds is 8. The highest BCUT2D eigenvalue weighted by molar-refractivity contribution is 6.30. The molecule has 8 heteroatoms. The molecule has 0 radical (unpaired) electrons. The third kappa shape index (κ3) is 5.15. The molecular weight excluding hydrogens is 500 g/mol. The van der Waals surface area contributed by atoms with Gasteiger partial charge < -0.3 is 15.0 Å². The molecule has 194 valence electrons. The van der Waals surface area contributed by atoms with Crippen LogP contribution in [-0.4, -0.2) is 45.7 Å². The summed E-state index contributed by atoms with van der Waals surface area (Å²) < 4.78 is 6.91. The maximum atomic E-state index is 13.9. The lowest BCUT2D eigenvalue weighted by atomic mass is 9.94. The van der Waals surface area contributed by atoms with Crippen LogP contribution in [0.4, 0.5) is 0 Å². The van der Waals surface area contributed by atoms with Crippen molar-refractivity contribution in [1.29, 1.82) is 0 Å². The average molecular weight is 529 g/mol. The number of benzene rings is 3. The summed E-state index contributed by atoms with van der Waals surface area (Å²) in [5.74, 6) is 0.289. The second-order valence-electron chi connectivity index (χ2n) is 9.58. The number of amides is 2. The highest BCUT2D eigenvalue weighted by Crippen LogP contribution is 2.31. The van der Waals surface area contributed by atoms with Crippen molar-refractivity contribution in [2.45, 2.75) is 32.0 Å². The van der Waals surface area contributed by atoms with Crippen molar-refractivity contribution in [2.24, 2.45) is 0 Å². The lowest BCUT2D eigenvalue weighted by molar-refractivity contribution is -0.133. The summed E-state index contributed by atoms with van der Waals surface area (Å²) in [5.41, 5.74) is 2.88. The van der Waals surface area contributed by atoms with Crippen molar-refractivity contribution in [3.05, 3.63) is 107 Å². The molecule has 1 atom stereocenters. The molecule has 2 heterocycles. The van der Waals surface area contributed by atoms with E-state index in [4.69, 9.17) is 21.4 Å². The molecule has 1 aliphatic heterocycles. The van der Waals surface area contributed by atoms with Gasteiger partial charge in [-0.15, -0.1) is 0 Å². The number of aromatic nitrogens is 2. The van der Waals surface area contributed by atoms with Gasteiger partial charge in [-0.2, -0.15) is 5.10 Å². The zero-order valence-corrected chi connectivity index (χ0v) is 22.1. The predicted octanol–water partition coefficient (Wildman–Crippen LogP) is 4.99. The van der Waals surface area contributed by atoms with Crippen LogP contribution in [0.15, 0.2) is 84.9 Å². The molecular formula is C30H29ClN4O3. The van der Waals surface area contributed by atoms with Gasteiger partial charge in [-0.3, -0.25) is 14.3 Å². The van der Waals surface area contributed by atoms with Crippen molar-refractivity contribution in [2.75, 3.05) is 13.7 Å². The van der Waals surface area contributed by atoms with Gasteiger partial charge in [0.05, 0.1) is 19.3 Å². The number of methoxy groups -OCH3 is 1. The first-order valence-corrected chi connectivity index (χ1v) is 12.9. The first-order valence-electron chi connectivity index (χ1n) is 12.5. The predicted molar refractivity (Wildman–Crippen MR) is 147 cm³/mol. The minimum Gasteiger partial charge on any atom is -0.497 e. The number of hydrogen-bond acceptors (Lipinski definition) is 4. The molecule has 1 N–H and O–H groups in total. The maximum absolute atomic E-state index is 13.9. The van der Waals surface area contributed by atoms with E-state index in [1.807, 2.05) is 85.8 Å². The van der Waals surface area contributed by atoms with Gasteiger partial charge >= 0.3 is 0 Å². The highest BCUT2D eigenvalue weighted by Gasteiger charge is 2.47. The lowest BCUT2D eigenvalue weighted by Gasteiger charge is -2.43. The smallest absolute Gasteiger partial charge is 0.273 e. The van der Waals surface area contributed by atoms with E-state index in [-0.39, 0.29) is 18.4 Å². The van der Waals surface area contributed by atoms with Gasteiger partial charge in [0.1, 0.15) is 17.0 Å². The summed E-state index contributed by atoms with van der Waals surface area (Å²) in [7, 11) is 1.62. The van der Waals surface area contributed by atoms with E-state index in [0.29, 0.717) is 35.9 Å². The number of nitrogens with zero attached hydrogens (tertiary/aromatic N) is 3. The van der Waals surface area contributed by atoms with Crippen LogP contribution in [0.25, 0.3) is 11.3 Å². The minimum absolute atomic E-state index is 0.224. The second-order valence-corrected chi connectivity index (χ2v) is 10.0. The summed E-state index contributed by atoms with van der Waals surface area (Å²) >= 11 is 6.05. The van der Waals surface area contributed by atoms with Crippen molar-refractivity contribution < 1.29 is 14.3 Å². The van der Waals surface area contributed by atoms with E-state index in [1.54, 1.807) is 22.8 Å². The molecule has 4 aromatic rings. The summed E-state index contributed by atoms with van der Waals surface area (Å²) in [6.07, 6.45) is 0.587. The molecule has 0 saturated carbocycles. The zero-order valence-electron chi connectivity index (χ0n) is 21.4. The molecule has 0 saturated heterocycles. The van der Waals surface area contributed by atoms with Gasteiger partial charge in [0.2, 0.25) is 5.91 Å². The quantitative estimate of drug-likeness (QED) is 0.350. The van der Waals surface area contributed by atoms with Crippen molar-refractivity contribution in [3.8, 4) is 17.0 Å². The van der Waals surface area contributed by atoms with E-state index >= 15 is 0 Å². The fourth-order valence-electron chi connectivity index (χ4n) is 4.75. The molecule has 0 aliphatic carbocycles. The van der Waals surface area contributed by atoms with Gasteiger partial charge in [0.15, 0.2) is 0 Å². The minimum atomic E-state index is -1.13. The summed E-state index contributed by atoms with van der Waals surface area (Å²) in [5, 5.41) is 8.42. The molecule has 1 aliphatic rings. The molecule has 0 spiro atoms. The molecule has 0 unspecified atom stereocenters. The number of halogens is 1. The van der Waals surface area contributed by atoms with E-state index in [9.17, 15) is 9.59 Å². The average Bonchev–Trinajstić information content (AvgIpc) is 3.37. The zero-order chi connectivity index (χ0) is 26.7. The van der Waals surface area contributed by atoms with Gasteiger partial charge in [0, 0.05) is 23.7 Å². The topological polar surface area (TPSA) is 76.5 Å². The molecule has 5 rings (SSSR count). The molecule has 38 heavy (non-hydrogen) atoms. The van der Waals surface area contributed by atoms with Crippen LogP contribution in [0.1, 0.15) is 28.5 Å². The third-order valence-corrected chi connectivity index (χ3v) is 7.26. The Labute approximate surface area is 227 Å². The molecule has 7 nitrogen and oxygen atoms in total. The van der Waals surface area contributed by atoms with Crippen LogP contribution in [0, 0.1) is 0 Å². The van der Waals surface area contributed by atoms with Crippen molar-refractivity contribution in [3.63, 3.8) is 0 Å². The molecule has 3 aromatic carbocycles. The van der Waals surface area contributed by atoms with E-state index in [1.165, 1.54) is 0 Å². The monoisotopic (exact) mass is 528 g/mol. The maximum Gasteiger partial charge on any atom is 0.273 e. The van der Waals surface area contributed by atoms with E-state index < -0.39 is 5.54 Å². The first-order chi connectivity index (χ1) is 18.4. The van der Waals surface area contributed by atoms with Crippen LogP contribution in [0.2, 0.25) is 5.02 Å². The SMILES string of the molecule is COc1ccc(-c2cc3n(n2)C[C@@](C)(C(=O)NCc2ccccc2)N(CCc2ccc(Cl)cc2)C3=O)cc1. The van der Waals surface area contributed by atoms with Gasteiger partial charge in [-0.05, 0) is 66.9 Å². The standard InChI is InChI=1S/C30H29ClN4O3/c1-30(29(37)32-19-22-6-4-3-5-7-22)20-35-27(18-26(33-35)23-10-14-25(38-2)15-11-23)28(36)34(30)17-16-21-8-12-24(31)13-9-21/h3-15,18H,16-17,19-20H2,1-2H3,(H,32,37)/t30-/m0/s1. The number of nitrogens with one attached hydrogen (secondary N) is 1. The van der Waals surface area contributed by atoms with Crippen molar-refractivity contribution in [1.82, 2.24) is 20.0 Å². The Kier molecular flexibility index (Phi) is 7.20. The Bertz CT molecular complexity index is 1430. The third-order valence-electron chi connectivity index (χ3n) is 7.01. The Morgan fingerprint density at radius 1 is 1.03 bits per heavy atom. The lowest BCUT2D eigenvalue weighted by Crippen LogP contribution is -2.64. The van der Waals surface area contributed by atoms with Crippen LogP contribution in [-0.2, 0) is 24.3 Å². The van der Waals surface area contributed by atoms with E-state index in [0.717, 1.165) is 22.4 Å². The first kappa shape index (κ1) is 25.5. The molecule has 1 aromatic heterocycles. The molecule has 2 amide bonds. The second kappa shape index (κ2) is 10.7. The van der Waals surface area contributed by atoms with Crippen LogP contribution >= 0.6 is 11.6 Å². The number of fused-ring (bicyclic) bond motifs is 1. The number of hydrogen-bond donors (Lipinski definition) is 1. The summed E-state index contributed by atoms with van der Waals surface area (Å²) in [6, 6.07) is 26.6. The van der Waals surface area contributed by atoms with Crippen molar-refractivity contribution >= 4 is 23.4 Å². The Morgan fingerprint density at radius 2 is 1.74 bits per heavy atom. The van der Waals surface area contributed by atoms with Crippen LogP contribution in [0.3, 0.4) is 0 Å². The number of ether oxygens (including phenoxy) is 1. The fourth-order valence-corrected chi connectivity index (χ4v) is 4.88. The van der Waals surface area contributed by atoms with Crippen LogP contribution in [0.5, 0.6) is 5.75 Å². The van der Waals surface area contributed by atoms with Gasteiger partial charge in [-0.25, -0.2) is 0 Å². The normalized spacial score (nSPS) is 16.7. The Morgan fingerprint density at radius 3 is 2.42 bits per heavy atom. The number of carbonyl (C=O) groups is 2. The van der Waals surface area contributed by atoms with Gasteiger partial charge in [0.25, 0.3) is 5.91 Å². The molecule has 0 bridgehead atoms. The summed E-state index contributed by atoms with van der Waals surface area (Å²) in [6.45, 7) is 2.80. The summed E-state index contributed by atoms with van der Waals surface area (Å²) in [4.78, 5) is 29.2. The van der Waals surface area contributed by atoms with E-state index in [2.05, 4.69) is 5.32 Å². The highest BCUT2D eigenvalue weighted by atomic mass is 35.5.